The molecule has 0 aromatic carbocycles. The van der Waals surface area contributed by atoms with Gasteiger partial charge in [0, 0.05) is 13.1 Å². The van der Waals surface area contributed by atoms with Gasteiger partial charge in [-0.2, -0.15) is 0 Å². The van der Waals surface area contributed by atoms with E-state index in [1.165, 1.54) is 6.26 Å². The smallest absolute Gasteiger partial charge is 0.287 e. The van der Waals surface area contributed by atoms with Gasteiger partial charge >= 0.3 is 0 Å². The number of hydrogen-bond donors (Lipinski definition) is 2. The minimum Gasteiger partial charge on any atom is -0.459 e. The van der Waals surface area contributed by atoms with Crippen LogP contribution < -0.4 is 11.1 Å². The molecular weight excluding hydrogens is 270 g/mol. The van der Waals surface area contributed by atoms with Gasteiger partial charge in [-0.25, -0.2) is 0 Å². The van der Waals surface area contributed by atoms with Crippen molar-refractivity contribution in [2.24, 2.45) is 17.6 Å². The summed E-state index contributed by atoms with van der Waals surface area (Å²) < 4.78 is 5.06. The van der Waals surface area contributed by atoms with Gasteiger partial charge in [-0.05, 0) is 36.9 Å². The number of amides is 2. The summed E-state index contributed by atoms with van der Waals surface area (Å²) in [5.41, 5.74) is 5.66. The Morgan fingerprint density at radius 1 is 1.52 bits per heavy atom. The molecule has 0 bridgehead atoms. The van der Waals surface area contributed by atoms with Crippen molar-refractivity contribution >= 4 is 11.8 Å². The van der Waals surface area contributed by atoms with Crippen LogP contribution in [0.1, 0.15) is 30.8 Å². The molecule has 2 atom stereocenters. The highest BCUT2D eigenvalue weighted by atomic mass is 16.3. The number of nitrogens with zero attached hydrogens (tertiary/aromatic N) is 1. The number of rotatable bonds is 5. The molecule has 1 saturated heterocycles. The molecule has 1 aromatic rings. The minimum atomic E-state index is -0.542. The van der Waals surface area contributed by atoms with Crippen molar-refractivity contribution in [2.75, 3.05) is 19.6 Å². The van der Waals surface area contributed by atoms with Crippen LogP contribution >= 0.6 is 0 Å². The van der Waals surface area contributed by atoms with Crippen molar-refractivity contribution in [3.8, 4) is 0 Å². The summed E-state index contributed by atoms with van der Waals surface area (Å²) in [5, 5.41) is 2.77. The third kappa shape index (κ3) is 3.64. The lowest BCUT2D eigenvalue weighted by molar-refractivity contribution is -0.133. The number of nitrogens with one attached hydrogen (secondary N) is 1. The van der Waals surface area contributed by atoms with E-state index < -0.39 is 6.04 Å². The number of hydrogen-bond acceptors (Lipinski definition) is 4. The second kappa shape index (κ2) is 6.76. The predicted molar refractivity (Wildman–Crippen MR) is 78.5 cm³/mol. The van der Waals surface area contributed by atoms with Crippen LogP contribution in [0.3, 0.4) is 0 Å². The van der Waals surface area contributed by atoms with Crippen LogP contribution in [0.5, 0.6) is 0 Å². The Kier molecular flexibility index (Phi) is 5.01. The lowest BCUT2D eigenvalue weighted by atomic mass is 10.0. The van der Waals surface area contributed by atoms with E-state index in [4.69, 9.17) is 10.2 Å². The lowest BCUT2D eigenvalue weighted by Crippen LogP contribution is -2.50. The van der Waals surface area contributed by atoms with E-state index in [1.807, 2.05) is 13.8 Å². The lowest BCUT2D eigenvalue weighted by Gasteiger charge is -2.26. The normalized spacial score (nSPS) is 19.8. The molecule has 2 amide bonds. The summed E-state index contributed by atoms with van der Waals surface area (Å²) >= 11 is 0. The van der Waals surface area contributed by atoms with Crippen LogP contribution in [0.4, 0.5) is 0 Å². The van der Waals surface area contributed by atoms with Gasteiger partial charge < -0.3 is 20.4 Å². The third-order valence-corrected chi connectivity index (χ3v) is 3.90. The number of nitrogens with two attached hydrogens (primary N) is 1. The first-order valence-corrected chi connectivity index (χ1v) is 7.36. The highest BCUT2D eigenvalue weighted by molar-refractivity contribution is 5.95. The zero-order valence-corrected chi connectivity index (χ0v) is 12.5. The van der Waals surface area contributed by atoms with Gasteiger partial charge in [-0.15, -0.1) is 0 Å². The fourth-order valence-electron chi connectivity index (χ4n) is 2.56. The third-order valence-electron chi connectivity index (χ3n) is 3.90. The van der Waals surface area contributed by atoms with Crippen molar-refractivity contribution in [1.82, 2.24) is 10.2 Å². The SMILES string of the molecule is CC(C)C(NC(=O)c1ccco1)C(=O)N1CCC(CN)C1. The molecule has 21 heavy (non-hydrogen) atoms. The first-order chi connectivity index (χ1) is 10.0. The van der Waals surface area contributed by atoms with Gasteiger partial charge in [0.25, 0.3) is 5.91 Å². The largest absolute Gasteiger partial charge is 0.459 e. The molecule has 0 radical (unpaired) electrons. The van der Waals surface area contributed by atoms with Crippen LogP contribution in [-0.2, 0) is 4.79 Å². The molecule has 2 heterocycles. The minimum absolute atomic E-state index is 0.00772. The van der Waals surface area contributed by atoms with Crippen molar-refractivity contribution in [1.29, 1.82) is 0 Å². The van der Waals surface area contributed by atoms with E-state index in [0.29, 0.717) is 25.6 Å². The van der Waals surface area contributed by atoms with E-state index >= 15 is 0 Å². The Morgan fingerprint density at radius 2 is 2.29 bits per heavy atom. The quantitative estimate of drug-likeness (QED) is 0.842. The van der Waals surface area contributed by atoms with Crippen molar-refractivity contribution < 1.29 is 14.0 Å². The van der Waals surface area contributed by atoms with E-state index in [0.717, 1.165) is 6.42 Å². The maximum Gasteiger partial charge on any atom is 0.287 e. The average Bonchev–Trinajstić information content (AvgIpc) is 3.13. The Bertz CT molecular complexity index is 484. The van der Waals surface area contributed by atoms with Gasteiger partial charge in [-0.1, -0.05) is 13.8 Å². The molecule has 1 fully saturated rings. The Balaban J connectivity index is 2.02. The van der Waals surface area contributed by atoms with Crippen molar-refractivity contribution in [2.45, 2.75) is 26.3 Å². The van der Waals surface area contributed by atoms with Crippen molar-refractivity contribution in [3.63, 3.8) is 0 Å². The van der Waals surface area contributed by atoms with E-state index in [2.05, 4.69) is 5.32 Å². The maximum absolute atomic E-state index is 12.6. The standard InChI is InChI=1S/C15H23N3O3/c1-10(2)13(17-14(19)12-4-3-7-21-12)15(20)18-6-5-11(8-16)9-18/h3-4,7,10-11,13H,5-6,8-9,16H2,1-2H3,(H,17,19). The second-order valence-corrected chi connectivity index (χ2v) is 5.85. The molecule has 1 aliphatic heterocycles. The molecule has 2 unspecified atom stereocenters. The van der Waals surface area contributed by atoms with Gasteiger partial charge in [0.2, 0.25) is 5.91 Å². The van der Waals surface area contributed by atoms with Gasteiger partial charge in [0.1, 0.15) is 6.04 Å². The van der Waals surface area contributed by atoms with Gasteiger partial charge in [0.15, 0.2) is 5.76 Å². The van der Waals surface area contributed by atoms with Crippen LogP contribution in [-0.4, -0.2) is 42.4 Å². The van der Waals surface area contributed by atoms with Crippen LogP contribution in [0.25, 0.3) is 0 Å². The maximum atomic E-state index is 12.6. The predicted octanol–water partition coefficient (Wildman–Crippen LogP) is 0.841. The molecule has 1 aromatic heterocycles. The van der Waals surface area contributed by atoms with Crippen LogP contribution in [0.15, 0.2) is 22.8 Å². The summed E-state index contributed by atoms with van der Waals surface area (Å²) in [7, 11) is 0. The Hall–Kier alpha value is -1.82. The average molecular weight is 293 g/mol. The van der Waals surface area contributed by atoms with Gasteiger partial charge in [-0.3, -0.25) is 9.59 Å². The molecule has 6 nitrogen and oxygen atoms in total. The molecule has 6 heteroatoms. The van der Waals surface area contributed by atoms with E-state index in [-0.39, 0.29) is 23.5 Å². The van der Waals surface area contributed by atoms with Crippen LogP contribution in [0.2, 0.25) is 0 Å². The molecule has 1 aliphatic rings. The highest BCUT2D eigenvalue weighted by Gasteiger charge is 2.33. The molecule has 0 aliphatic carbocycles. The van der Waals surface area contributed by atoms with Crippen LogP contribution in [0, 0.1) is 11.8 Å². The zero-order chi connectivity index (χ0) is 15.4. The first kappa shape index (κ1) is 15.6. The van der Waals surface area contributed by atoms with E-state index in [9.17, 15) is 9.59 Å². The number of carbonyl (C=O) groups excluding carboxylic acids is 2. The Morgan fingerprint density at radius 3 is 2.81 bits per heavy atom. The highest BCUT2D eigenvalue weighted by Crippen LogP contribution is 2.18. The van der Waals surface area contributed by atoms with Crippen molar-refractivity contribution in [3.05, 3.63) is 24.2 Å². The summed E-state index contributed by atoms with van der Waals surface area (Å²) in [5.74, 6) is 0.188. The first-order valence-electron chi connectivity index (χ1n) is 7.36. The summed E-state index contributed by atoms with van der Waals surface area (Å²) in [4.78, 5) is 26.5. The number of furan rings is 1. The fourth-order valence-corrected chi connectivity index (χ4v) is 2.56. The Labute approximate surface area is 124 Å². The summed E-state index contributed by atoms with van der Waals surface area (Å²) in [6.45, 7) is 5.81. The molecular formula is C15H23N3O3. The zero-order valence-electron chi connectivity index (χ0n) is 12.5. The monoisotopic (exact) mass is 293 g/mol. The van der Waals surface area contributed by atoms with E-state index in [1.54, 1.807) is 17.0 Å². The number of carbonyl (C=O) groups is 2. The summed E-state index contributed by atoms with van der Waals surface area (Å²) in [6, 6.07) is 2.68. The van der Waals surface area contributed by atoms with Gasteiger partial charge in [0.05, 0.1) is 6.26 Å². The number of likely N-dealkylation sites (tertiary alicyclic amines) is 1. The fraction of sp³-hybridized carbons (Fsp3) is 0.600. The topological polar surface area (TPSA) is 88.6 Å². The molecule has 3 N–H and O–H groups in total. The molecule has 116 valence electrons. The molecule has 0 spiro atoms. The summed E-state index contributed by atoms with van der Waals surface area (Å²) in [6.07, 6.45) is 2.37. The second-order valence-electron chi connectivity index (χ2n) is 5.85. The molecule has 2 rings (SSSR count). The molecule has 0 saturated carbocycles.